The first-order valence-electron chi connectivity index (χ1n) is 5.46. The number of carbonyl (C=O) groups excluding carboxylic acids is 1. The number of unbranched alkanes of at least 4 members (excludes halogenated alkanes) is 1. The van der Waals surface area contributed by atoms with E-state index in [1.165, 1.54) is 6.20 Å². The number of hydrogen-bond acceptors (Lipinski definition) is 4. The summed E-state index contributed by atoms with van der Waals surface area (Å²) in [5.74, 6) is -0.405. The predicted molar refractivity (Wildman–Crippen MR) is 60.0 cm³/mol. The molecule has 0 saturated heterocycles. The number of nitrogens with zero attached hydrogens (tertiary/aromatic N) is 1. The highest BCUT2D eigenvalue weighted by Gasteiger charge is 2.11. The molecule has 88 valence electrons. The zero-order valence-electron chi connectivity index (χ0n) is 9.68. The van der Waals surface area contributed by atoms with Crippen molar-refractivity contribution in [1.29, 1.82) is 0 Å². The Hall–Kier alpha value is -1.42. The lowest BCUT2D eigenvalue weighted by molar-refractivity contribution is -0.0985. The highest BCUT2D eigenvalue weighted by molar-refractivity contribution is 5.88. The molecule has 0 spiro atoms. The molecule has 4 heteroatoms. The molecule has 0 saturated carbocycles. The number of aromatic nitrogens is 1. The zero-order valence-corrected chi connectivity index (χ0v) is 9.68. The number of ether oxygens (including phenoxy) is 2. The lowest BCUT2D eigenvalue weighted by atomic mass is 10.3. The van der Waals surface area contributed by atoms with Gasteiger partial charge in [-0.25, -0.2) is 4.79 Å². The molecular formula is C12H17NO3. The standard InChI is InChI=1S/C12H17NO3/c1-3-4-8-15-10(2)16-12(14)11-6-5-7-13-9-11/h5-7,9-10H,3-4,8H2,1-2H3/t10-/m1/s1. The first kappa shape index (κ1) is 12.6. The van der Waals surface area contributed by atoms with Gasteiger partial charge in [-0.15, -0.1) is 0 Å². The zero-order chi connectivity index (χ0) is 11.8. The van der Waals surface area contributed by atoms with E-state index in [0.29, 0.717) is 12.2 Å². The summed E-state index contributed by atoms with van der Waals surface area (Å²) in [6, 6.07) is 3.35. The number of pyridine rings is 1. The van der Waals surface area contributed by atoms with E-state index in [4.69, 9.17) is 9.47 Å². The van der Waals surface area contributed by atoms with E-state index in [1.54, 1.807) is 25.3 Å². The molecule has 16 heavy (non-hydrogen) atoms. The molecule has 1 heterocycles. The third-order valence-corrected chi connectivity index (χ3v) is 2.02. The minimum atomic E-state index is -0.515. The molecule has 0 bridgehead atoms. The number of carbonyl (C=O) groups is 1. The fourth-order valence-corrected chi connectivity index (χ4v) is 1.13. The topological polar surface area (TPSA) is 48.4 Å². The van der Waals surface area contributed by atoms with Crippen LogP contribution in [0.15, 0.2) is 24.5 Å². The third-order valence-electron chi connectivity index (χ3n) is 2.02. The van der Waals surface area contributed by atoms with Crippen LogP contribution in [-0.2, 0) is 9.47 Å². The fourth-order valence-electron chi connectivity index (χ4n) is 1.13. The third kappa shape index (κ3) is 4.40. The van der Waals surface area contributed by atoms with Crippen molar-refractivity contribution in [1.82, 2.24) is 4.98 Å². The summed E-state index contributed by atoms with van der Waals surface area (Å²) in [6.45, 7) is 4.40. The fraction of sp³-hybridized carbons (Fsp3) is 0.500. The maximum atomic E-state index is 11.5. The van der Waals surface area contributed by atoms with Crippen LogP contribution >= 0.6 is 0 Å². The monoisotopic (exact) mass is 223 g/mol. The van der Waals surface area contributed by atoms with Gasteiger partial charge in [-0.05, 0) is 25.5 Å². The highest BCUT2D eigenvalue weighted by atomic mass is 16.7. The van der Waals surface area contributed by atoms with Gasteiger partial charge in [-0.1, -0.05) is 13.3 Å². The van der Waals surface area contributed by atoms with E-state index in [-0.39, 0.29) is 0 Å². The van der Waals surface area contributed by atoms with E-state index < -0.39 is 12.3 Å². The lowest BCUT2D eigenvalue weighted by Crippen LogP contribution is -2.18. The molecule has 0 fully saturated rings. The minimum Gasteiger partial charge on any atom is -0.432 e. The van der Waals surface area contributed by atoms with E-state index in [1.807, 2.05) is 0 Å². The summed E-state index contributed by atoms with van der Waals surface area (Å²) in [7, 11) is 0. The summed E-state index contributed by atoms with van der Waals surface area (Å²) < 4.78 is 10.4. The summed E-state index contributed by atoms with van der Waals surface area (Å²) in [4.78, 5) is 15.4. The van der Waals surface area contributed by atoms with Gasteiger partial charge in [0.1, 0.15) is 0 Å². The van der Waals surface area contributed by atoms with Crippen molar-refractivity contribution in [3.63, 3.8) is 0 Å². The second-order valence-corrected chi connectivity index (χ2v) is 3.44. The number of hydrogen-bond donors (Lipinski definition) is 0. The molecule has 0 aliphatic heterocycles. The summed E-state index contributed by atoms with van der Waals surface area (Å²) in [5.41, 5.74) is 0.438. The van der Waals surface area contributed by atoms with Gasteiger partial charge in [0.2, 0.25) is 0 Å². The van der Waals surface area contributed by atoms with Gasteiger partial charge in [-0.2, -0.15) is 0 Å². The second-order valence-electron chi connectivity index (χ2n) is 3.44. The Morgan fingerprint density at radius 1 is 1.56 bits per heavy atom. The summed E-state index contributed by atoms with van der Waals surface area (Å²) >= 11 is 0. The molecule has 0 unspecified atom stereocenters. The average Bonchev–Trinajstić information content (AvgIpc) is 2.30. The van der Waals surface area contributed by atoms with Gasteiger partial charge >= 0.3 is 5.97 Å². The van der Waals surface area contributed by atoms with Gasteiger partial charge in [0.15, 0.2) is 6.29 Å². The van der Waals surface area contributed by atoms with Crippen LogP contribution in [-0.4, -0.2) is 23.9 Å². The van der Waals surface area contributed by atoms with Crippen LogP contribution in [0.5, 0.6) is 0 Å². The maximum absolute atomic E-state index is 11.5. The Morgan fingerprint density at radius 3 is 3.00 bits per heavy atom. The van der Waals surface area contributed by atoms with E-state index >= 15 is 0 Å². The maximum Gasteiger partial charge on any atom is 0.341 e. The Labute approximate surface area is 95.6 Å². The van der Waals surface area contributed by atoms with Crippen molar-refractivity contribution in [3.05, 3.63) is 30.1 Å². The van der Waals surface area contributed by atoms with Crippen molar-refractivity contribution in [2.45, 2.75) is 33.0 Å². The molecule has 0 aliphatic carbocycles. The normalized spacial score (nSPS) is 12.1. The Bertz CT molecular complexity index is 313. The second kappa shape index (κ2) is 6.95. The molecule has 1 aromatic rings. The van der Waals surface area contributed by atoms with Crippen molar-refractivity contribution in [2.75, 3.05) is 6.61 Å². The van der Waals surface area contributed by atoms with Crippen molar-refractivity contribution >= 4 is 5.97 Å². The lowest BCUT2D eigenvalue weighted by Gasteiger charge is -2.13. The SMILES string of the molecule is CCCCO[C@@H](C)OC(=O)c1cccnc1. The van der Waals surface area contributed by atoms with Gasteiger partial charge in [-0.3, -0.25) is 4.98 Å². The van der Waals surface area contributed by atoms with Crippen LogP contribution in [0.4, 0.5) is 0 Å². The number of esters is 1. The summed E-state index contributed by atoms with van der Waals surface area (Å²) in [5, 5.41) is 0. The molecule has 0 amide bonds. The Balaban J connectivity index is 2.34. The van der Waals surface area contributed by atoms with Crippen LogP contribution < -0.4 is 0 Å². The molecule has 0 aliphatic rings. The molecule has 4 nitrogen and oxygen atoms in total. The van der Waals surface area contributed by atoms with Crippen LogP contribution in [0.1, 0.15) is 37.0 Å². The van der Waals surface area contributed by atoms with Gasteiger partial charge < -0.3 is 9.47 Å². The number of rotatable bonds is 6. The quantitative estimate of drug-likeness (QED) is 0.422. The Morgan fingerprint density at radius 2 is 2.38 bits per heavy atom. The van der Waals surface area contributed by atoms with E-state index in [0.717, 1.165) is 12.8 Å². The van der Waals surface area contributed by atoms with Crippen LogP contribution in [0.3, 0.4) is 0 Å². The molecule has 0 N–H and O–H groups in total. The molecule has 1 aromatic heterocycles. The van der Waals surface area contributed by atoms with Crippen molar-refractivity contribution in [3.8, 4) is 0 Å². The highest BCUT2D eigenvalue weighted by Crippen LogP contribution is 2.03. The van der Waals surface area contributed by atoms with E-state index in [2.05, 4.69) is 11.9 Å². The summed E-state index contributed by atoms with van der Waals surface area (Å²) in [6.07, 6.45) is 4.59. The van der Waals surface area contributed by atoms with Crippen molar-refractivity contribution < 1.29 is 14.3 Å². The largest absolute Gasteiger partial charge is 0.432 e. The van der Waals surface area contributed by atoms with E-state index in [9.17, 15) is 4.79 Å². The smallest absolute Gasteiger partial charge is 0.341 e. The molecule has 0 radical (unpaired) electrons. The average molecular weight is 223 g/mol. The van der Waals surface area contributed by atoms with Crippen molar-refractivity contribution in [2.24, 2.45) is 0 Å². The van der Waals surface area contributed by atoms with Crippen LogP contribution in [0.2, 0.25) is 0 Å². The predicted octanol–water partition coefficient (Wildman–Crippen LogP) is 2.40. The van der Waals surface area contributed by atoms with Gasteiger partial charge in [0.25, 0.3) is 0 Å². The molecule has 1 atom stereocenters. The molecule has 1 rings (SSSR count). The first-order chi connectivity index (χ1) is 7.74. The minimum absolute atomic E-state index is 0.405. The molecular weight excluding hydrogens is 206 g/mol. The van der Waals surface area contributed by atoms with Crippen LogP contribution in [0.25, 0.3) is 0 Å². The van der Waals surface area contributed by atoms with Gasteiger partial charge in [0, 0.05) is 12.4 Å². The first-order valence-corrected chi connectivity index (χ1v) is 5.46. The van der Waals surface area contributed by atoms with Gasteiger partial charge in [0.05, 0.1) is 12.2 Å². The molecule has 0 aromatic carbocycles. The Kier molecular flexibility index (Phi) is 5.50. The van der Waals surface area contributed by atoms with Crippen LogP contribution in [0, 0.1) is 0 Å².